The molecule has 0 bridgehead atoms. The first-order chi connectivity index (χ1) is 10.2. The van der Waals surface area contributed by atoms with E-state index in [0.29, 0.717) is 12.4 Å². The first-order valence-corrected chi connectivity index (χ1v) is 7.46. The molecule has 2 aromatic rings. The molecule has 0 aliphatic carbocycles. The maximum absolute atomic E-state index is 11.5. The number of esters is 1. The van der Waals surface area contributed by atoms with Crippen LogP contribution in [0.15, 0.2) is 53.3 Å². The van der Waals surface area contributed by atoms with Crippen molar-refractivity contribution in [1.29, 1.82) is 0 Å². The fourth-order valence-electron chi connectivity index (χ4n) is 1.73. The molecule has 0 unspecified atom stereocenters. The van der Waals surface area contributed by atoms with Crippen LogP contribution in [0.1, 0.15) is 12.0 Å². The quantitative estimate of drug-likeness (QED) is 0.567. The van der Waals surface area contributed by atoms with Crippen molar-refractivity contribution in [3.63, 3.8) is 0 Å². The summed E-state index contributed by atoms with van der Waals surface area (Å²) in [5, 5.41) is 0. The Morgan fingerprint density at radius 2 is 1.81 bits per heavy atom. The SMILES string of the molecule is O=C(COc1ccc(Br)cc1)OCCCc1ccncc1. The molecule has 1 aromatic heterocycles. The maximum Gasteiger partial charge on any atom is 0.344 e. The van der Waals surface area contributed by atoms with Crippen LogP contribution in [0, 0.1) is 0 Å². The number of halogens is 1. The highest BCUT2D eigenvalue weighted by atomic mass is 79.9. The van der Waals surface area contributed by atoms with E-state index >= 15 is 0 Å². The normalized spacial score (nSPS) is 10.1. The summed E-state index contributed by atoms with van der Waals surface area (Å²) in [6.45, 7) is 0.321. The van der Waals surface area contributed by atoms with Crippen LogP contribution >= 0.6 is 15.9 Å². The van der Waals surface area contributed by atoms with Crippen molar-refractivity contribution >= 4 is 21.9 Å². The van der Waals surface area contributed by atoms with E-state index in [-0.39, 0.29) is 12.6 Å². The minimum Gasteiger partial charge on any atom is -0.482 e. The fraction of sp³-hybridized carbons (Fsp3) is 0.250. The number of aryl methyl sites for hydroxylation is 1. The van der Waals surface area contributed by atoms with E-state index in [1.54, 1.807) is 24.5 Å². The topological polar surface area (TPSA) is 48.4 Å². The average Bonchev–Trinajstić information content (AvgIpc) is 2.52. The zero-order valence-corrected chi connectivity index (χ0v) is 13.1. The highest BCUT2D eigenvalue weighted by molar-refractivity contribution is 9.10. The Morgan fingerprint density at radius 3 is 2.52 bits per heavy atom. The Kier molecular flexibility index (Phi) is 6.22. The van der Waals surface area contributed by atoms with Crippen molar-refractivity contribution in [3.05, 3.63) is 58.8 Å². The number of hydrogen-bond acceptors (Lipinski definition) is 4. The van der Waals surface area contributed by atoms with E-state index in [9.17, 15) is 4.79 Å². The molecule has 0 saturated carbocycles. The van der Waals surface area contributed by atoms with E-state index in [4.69, 9.17) is 9.47 Å². The van der Waals surface area contributed by atoms with E-state index in [0.717, 1.165) is 17.3 Å². The number of benzene rings is 1. The van der Waals surface area contributed by atoms with E-state index in [1.165, 1.54) is 5.56 Å². The molecule has 0 radical (unpaired) electrons. The first kappa shape index (κ1) is 15.5. The van der Waals surface area contributed by atoms with Gasteiger partial charge in [-0.2, -0.15) is 0 Å². The Labute approximate surface area is 132 Å². The third-order valence-electron chi connectivity index (χ3n) is 2.79. The predicted octanol–water partition coefficient (Wildman–Crippen LogP) is 3.40. The number of aromatic nitrogens is 1. The van der Waals surface area contributed by atoms with E-state index < -0.39 is 0 Å². The standard InChI is InChI=1S/C16H16BrNO3/c17-14-3-5-15(6-4-14)21-12-16(19)20-11-1-2-13-7-9-18-10-8-13/h3-10H,1-2,11-12H2. The summed E-state index contributed by atoms with van der Waals surface area (Å²) >= 11 is 3.34. The van der Waals surface area contributed by atoms with Gasteiger partial charge < -0.3 is 9.47 Å². The van der Waals surface area contributed by atoms with Crippen molar-refractivity contribution in [2.24, 2.45) is 0 Å². The summed E-state index contributed by atoms with van der Waals surface area (Å²) in [5.41, 5.74) is 1.19. The average molecular weight is 350 g/mol. The molecular weight excluding hydrogens is 334 g/mol. The van der Waals surface area contributed by atoms with Crippen LogP contribution in [0.5, 0.6) is 5.75 Å². The lowest BCUT2D eigenvalue weighted by Crippen LogP contribution is -2.15. The number of rotatable bonds is 7. The molecule has 4 nitrogen and oxygen atoms in total. The lowest BCUT2D eigenvalue weighted by molar-refractivity contribution is -0.146. The number of ether oxygens (including phenoxy) is 2. The summed E-state index contributed by atoms with van der Waals surface area (Å²) in [6, 6.07) is 11.2. The lowest BCUT2D eigenvalue weighted by Gasteiger charge is -2.07. The third-order valence-corrected chi connectivity index (χ3v) is 3.32. The molecule has 21 heavy (non-hydrogen) atoms. The van der Waals surface area contributed by atoms with E-state index in [2.05, 4.69) is 20.9 Å². The third kappa shape index (κ3) is 5.95. The molecule has 0 amide bonds. The second-order valence-electron chi connectivity index (χ2n) is 4.42. The molecular formula is C16H16BrNO3. The van der Waals surface area contributed by atoms with Gasteiger partial charge in [0.1, 0.15) is 5.75 Å². The van der Waals surface area contributed by atoms with Crippen molar-refractivity contribution in [2.45, 2.75) is 12.8 Å². The number of nitrogens with zero attached hydrogens (tertiary/aromatic N) is 1. The number of carbonyl (C=O) groups is 1. The molecule has 1 aromatic carbocycles. The van der Waals surface area contributed by atoms with Crippen LogP contribution < -0.4 is 4.74 Å². The summed E-state index contributed by atoms with van der Waals surface area (Å²) in [5.74, 6) is 0.291. The van der Waals surface area contributed by atoms with Crippen LogP contribution in [0.25, 0.3) is 0 Å². The largest absolute Gasteiger partial charge is 0.482 e. The van der Waals surface area contributed by atoms with Gasteiger partial charge in [0, 0.05) is 16.9 Å². The zero-order chi connectivity index (χ0) is 14.9. The second kappa shape index (κ2) is 8.42. The first-order valence-electron chi connectivity index (χ1n) is 6.67. The molecule has 0 N–H and O–H groups in total. The lowest BCUT2D eigenvalue weighted by atomic mass is 10.1. The van der Waals surface area contributed by atoms with Crippen LogP contribution in [0.3, 0.4) is 0 Å². The summed E-state index contributed by atoms with van der Waals surface area (Å²) in [6.07, 6.45) is 5.16. The van der Waals surface area contributed by atoms with Gasteiger partial charge in [0.25, 0.3) is 0 Å². The van der Waals surface area contributed by atoms with Gasteiger partial charge in [-0.3, -0.25) is 4.98 Å². The summed E-state index contributed by atoms with van der Waals surface area (Å²) < 4.78 is 11.4. The molecule has 0 aliphatic rings. The van der Waals surface area contributed by atoms with Crippen LogP contribution in [-0.2, 0) is 16.0 Å². The molecule has 0 atom stereocenters. The van der Waals surface area contributed by atoms with Gasteiger partial charge in [0.15, 0.2) is 6.61 Å². The Balaban J connectivity index is 1.60. The summed E-state index contributed by atoms with van der Waals surface area (Å²) in [4.78, 5) is 15.5. The van der Waals surface area contributed by atoms with Gasteiger partial charge in [-0.05, 0) is 54.8 Å². The fourth-order valence-corrected chi connectivity index (χ4v) is 1.99. The smallest absolute Gasteiger partial charge is 0.344 e. The highest BCUT2D eigenvalue weighted by Gasteiger charge is 2.04. The minimum absolute atomic E-state index is 0.0725. The molecule has 1 heterocycles. The van der Waals surface area contributed by atoms with Crippen molar-refractivity contribution in [1.82, 2.24) is 4.98 Å². The van der Waals surface area contributed by atoms with Gasteiger partial charge in [-0.1, -0.05) is 15.9 Å². The van der Waals surface area contributed by atoms with Crippen molar-refractivity contribution in [2.75, 3.05) is 13.2 Å². The minimum atomic E-state index is -0.354. The van der Waals surface area contributed by atoms with Crippen molar-refractivity contribution in [3.8, 4) is 5.75 Å². The van der Waals surface area contributed by atoms with Gasteiger partial charge in [-0.15, -0.1) is 0 Å². The second-order valence-corrected chi connectivity index (χ2v) is 5.34. The Morgan fingerprint density at radius 1 is 1.10 bits per heavy atom. The molecule has 0 saturated heterocycles. The number of pyridine rings is 1. The summed E-state index contributed by atoms with van der Waals surface area (Å²) in [7, 11) is 0. The molecule has 2 rings (SSSR count). The molecule has 0 aliphatic heterocycles. The number of hydrogen-bond donors (Lipinski definition) is 0. The van der Waals surface area contributed by atoms with E-state index in [1.807, 2.05) is 24.3 Å². The highest BCUT2D eigenvalue weighted by Crippen LogP contribution is 2.15. The zero-order valence-electron chi connectivity index (χ0n) is 11.5. The number of carbonyl (C=O) groups excluding carboxylic acids is 1. The molecule has 110 valence electrons. The van der Waals surface area contributed by atoms with Gasteiger partial charge in [0.2, 0.25) is 0 Å². The molecule has 5 heteroatoms. The van der Waals surface area contributed by atoms with Gasteiger partial charge >= 0.3 is 5.97 Å². The molecule has 0 spiro atoms. The Bertz CT molecular complexity index is 557. The van der Waals surface area contributed by atoms with Crippen LogP contribution in [-0.4, -0.2) is 24.2 Å². The van der Waals surface area contributed by atoms with Crippen LogP contribution in [0.2, 0.25) is 0 Å². The van der Waals surface area contributed by atoms with Crippen LogP contribution in [0.4, 0.5) is 0 Å². The molecule has 0 fully saturated rings. The van der Waals surface area contributed by atoms with Gasteiger partial charge in [0.05, 0.1) is 6.61 Å². The predicted molar refractivity (Wildman–Crippen MR) is 83.2 cm³/mol. The maximum atomic E-state index is 11.5. The monoisotopic (exact) mass is 349 g/mol. The van der Waals surface area contributed by atoms with Crippen molar-refractivity contribution < 1.29 is 14.3 Å². The Hall–Kier alpha value is -1.88. The van der Waals surface area contributed by atoms with Gasteiger partial charge in [-0.25, -0.2) is 4.79 Å².